The molecular formula is C14H19BF2O4. The third-order valence-electron chi connectivity index (χ3n) is 3.93. The van der Waals surface area contributed by atoms with E-state index in [4.69, 9.17) is 14.0 Å². The van der Waals surface area contributed by atoms with Crippen molar-refractivity contribution in [3.8, 4) is 11.5 Å². The van der Waals surface area contributed by atoms with Gasteiger partial charge in [0.05, 0.1) is 18.3 Å². The topological polar surface area (TPSA) is 36.9 Å². The van der Waals surface area contributed by atoms with Crippen molar-refractivity contribution >= 4 is 12.6 Å². The minimum atomic E-state index is -2.90. The van der Waals surface area contributed by atoms with Crippen molar-refractivity contribution in [3.05, 3.63) is 18.2 Å². The Kier molecular flexibility index (Phi) is 4.17. The van der Waals surface area contributed by atoms with Gasteiger partial charge in [0.1, 0.15) is 0 Å². The number of hydrogen-bond donors (Lipinski definition) is 0. The molecular weight excluding hydrogens is 281 g/mol. The van der Waals surface area contributed by atoms with Gasteiger partial charge in [-0.3, -0.25) is 0 Å². The normalized spacial score (nSPS) is 19.9. The van der Waals surface area contributed by atoms with Gasteiger partial charge in [-0.1, -0.05) is 6.07 Å². The first-order chi connectivity index (χ1) is 9.66. The average molecular weight is 300 g/mol. The van der Waals surface area contributed by atoms with Gasteiger partial charge in [-0.25, -0.2) is 0 Å². The van der Waals surface area contributed by atoms with Crippen LogP contribution in [0.5, 0.6) is 11.5 Å². The molecule has 1 aromatic rings. The second kappa shape index (κ2) is 5.46. The SMILES string of the molecule is COc1cc(B2OC(C)(C)C(C)(C)O2)ccc1OC(F)F. The molecule has 2 rings (SSSR count). The lowest BCUT2D eigenvalue weighted by Gasteiger charge is -2.32. The van der Waals surface area contributed by atoms with E-state index in [0.717, 1.165) is 0 Å². The van der Waals surface area contributed by atoms with E-state index in [2.05, 4.69) is 4.74 Å². The lowest BCUT2D eigenvalue weighted by atomic mass is 9.79. The van der Waals surface area contributed by atoms with Crippen molar-refractivity contribution in [1.82, 2.24) is 0 Å². The fourth-order valence-corrected chi connectivity index (χ4v) is 2.00. The van der Waals surface area contributed by atoms with Crippen LogP contribution in [0.25, 0.3) is 0 Å². The number of rotatable bonds is 4. The zero-order chi connectivity index (χ0) is 15.8. The molecule has 0 spiro atoms. The summed E-state index contributed by atoms with van der Waals surface area (Å²) in [6.07, 6.45) is 0. The minimum absolute atomic E-state index is 0.0206. The van der Waals surface area contributed by atoms with Gasteiger partial charge in [0.25, 0.3) is 0 Å². The van der Waals surface area contributed by atoms with E-state index < -0.39 is 24.9 Å². The van der Waals surface area contributed by atoms with Crippen LogP contribution < -0.4 is 14.9 Å². The third-order valence-corrected chi connectivity index (χ3v) is 3.93. The van der Waals surface area contributed by atoms with Crippen molar-refractivity contribution in [2.45, 2.75) is 45.5 Å². The molecule has 0 atom stereocenters. The standard InChI is InChI=1S/C14H19BF2O4/c1-13(2)14(3,4)21-15(20-13)9-6-7-10(19-12(16)17)11(8-9)18-5/h6-8,12H,1-5H3. The van der Waals surface area contributed by atoms with Crippen molar-refractivity contribution in [2.24, 2.45) is 0 Å². The van der Waals surface area contributed by atoms with E-state index in [9.17, 15) is 8.78 Å². The Morgan fingerprint density at radius 2 is 1.62 bits per heavy atom. The second-order valence-corrected chi connectivity index (χ2v) is 5.88. The molecule has 7 heteroatoms. The molecule has 1 saturated heterocycles. The van der Waals surface area contributed by atoms with Gasteiger partial charge in [-0.05, 0) is 45.3 Å². The number of methoxy groups -OCH3 is 1. The lowest BCUT2D eigenvalue weighted by Crippen LogP contribution is -2.41. The summed E-state index contributed by atoms with van der Waals surface area (Å²) in [5.41, 5.74) is -0.251. The van der Waals surface area contributed by atoms with Gasteiger partial charge in [0, 0.05) is 0 Å². The van der Waals surface area contributed by atoms with Crippen molar-refractivity contribution < 1.29 is 27.6 Å². The van der Waals surface area contributed by atoms with Crippen molar-refractivity contribution in [1.29, 1.82) is 0 Å². The van der Waals surface area contributed by atoms with Crippen LogP contribution in [0.1, 0.15) is 27.7 Å². The molecule has 0 aliphatic carbocycles. The summed E-state index contributed by atoms with van der Waals surface area (Å²) in [7, 11) is 0.811. The van der Waals surface area contributed by atoms with E-state index in [-0.39, 0.29) is 11.5 Å². The molecule has 0 bridgehead atoms. The van der Waals surface area contributed by atoms with Crippen LogP contribution in [0, 0.1) is 0 Å². The predicted molar refractivity (Wildman–Crippen MR) is 75.3 cm³/mol. The van der Waals surface area contributed by atoms with E-state index in [1.807, 2.05) is 27.7 Å². The van der Waals surface area contributed by atoms with Crippen LogP contribution in [0.3, 0.4) is 0 Å². The number of halogens is 2. The molecule has 1 aromatic carbocycles. The largest absolute Gasteiger partial charge is 0.494 e. The number of benzene rings is 1. The van der Waals surface area contributed by atoms with E-state index in [1.54, 1.807) is 12.1 Å². The molecule has 0 saturated carbocycles. The highest BCUT2D eigenvalue weighted by Crippen LogP contribution is 2.37. The summed E-state index contributed by atoms with van der Waals surface area (Å²) in [4.78, 5) is 0. The Labute approximate surface area is 123 Å². The lowest BCUT2D eigenvalue weighted by molar-refractivity contribution is -0.0511. The summed E-state index contributed by atoms with van der Waals surface area (Å²) in [5.74, 6) is 0.190. The first-order valence-corrected chi connectivity index (χ1v) is 6.64. The monoisotopic (exact) mass is 300 g/mol. The summed E-state index contributed by atoms with van der Waals surface area (Å²) in [6.45, 7) is 4.87. The first-order valence-electron chi connectivity index (χ1n) is 6.64. The molecule has 21 heavy (non-hydrogen) atoms. The van der Waals surface area contributed by atoms with Crippen LogP contribution in [0.2, 0.25) is 0 Å². The molecule has 116 valence electrons. The smallest absolute Gasteiger partial charge is 0.493 e. The quantitative estimate of drug-likeness (QED) is 0.801. The molecule has 1 aliphatic rings. The molecule has 0 aromatic heterocycles. The van der Waals surface area contributed by atoms with E-state index in [0.29, 0.717) is 5.46 Å². The molecule has 1 heterocycles. The van der Waals surface area contributed by atoms with Gasteiger partial charge >= 0.3 is 13.7 Å². The van der Waals surface area contributed by atoms with Crippen molar-refractivity contribution in [2.75, 3.05) is 7.11 Å². The molecule has 0 unspecified atom stereocenters. The summed E-state index contributed by atoms with van der Waals surface area (Å²) >= 11 is 0. The third kappa shape index (κ3) is 3.13. The van der Waals surface area contributed by atoms with Crippen LogP contribution in [0.15, 0.2) is 18.2 Å². The predicted octanol–water partition coefficient (Wildman–Crippen LogP) is 2.60. The molecule has 4 nitrogen and oxygen atoms in total. The Morgan fingerprint density at radius 1 is 1.05 bits per heavy atom. The maximum atomic E-state index is 12.3. The Morgan fingerprint density at radius 3 is 2.10 bits per heavy atom. The number of hydrogen-bond acceptors (Lipinski definition) is 4. The highest BCUT2D eigenvalue weighted by molar-refractivity contribution is 6.62. The molecule has 0 amide bonds. The first kappa shape index (κ1) is 16.0. The van der Waals surface area contributed by atoms with Gasteiger partial charge in [0.2, 0.25) is 0 Å². The average Bonchev–Trinajstić information content (AvgIpc) is 2.58. The van der Waals surface area contributed by atoms with E-state index >= 15 is 0 Å². The van der Waals surface area contributed by atoms with Crippen LogP contribution in [-0.4, -0.2) is 32.0 Å². The molecule has 1 aliphatic heterocycles. The van der Waals surface area contributed by atoms with Crippen LogP contribution >= 0.6 is 0 Å². The summed E-state index contributed by atoms with van der Waals surface area (Å²) in [5, 5.41) is 0. The minimum Gasteiger partial charge on any atom is -0.493 e. The van der Waals surface area contributed by atoms with Gasteiger partial charge in [0.15, 0.2) is 11.5 Å². The molecule has 0 N–H and O–H groups in total. The fraction of sp³-hybridized carbons (Fsp3) is 0.571. The second-order valence-electron chi connectivity index (χ2n) is 5.88. The van der Waals surface area contributed by atoms with Gasteiger partial charge < -0.3 is 18.8 Å². The van der Waals surface area contributed by atoms with Crippen LogP contribution in [0.4, 0.5) is 8.78 Å². The Balaban J connectivity index is 2.26. The highest BCUT2D eigenvalue weighted by atomic mass is 19.3. The highest BCUT2D eigenvalue weighted by Gasteiger charge is 2.51. The molecule has 1 fully saturated rings. The van der Waals surface area contributed by atoms with Gasteiger partial charge in [-0.15, -0.1) is 0 Å². The summed E-state index contributed by atoms with van der Waals surface area (Å²) < 4.78 is 45.9. The molecule has 0 radical (unpaired) electrons. The number of alkyl halides is 2. The Bertz CT molecular complexity index is 504. The van der Waals surface area contributed by atoms with Gasteiger partial charge in [-0.2, -0.15) is 8.78 Å². The summed E-state index contributed by atoms with van der Waals surface area (Å²) in [6, 6.07) is 4.63. The number of ether oxygens (including phenoxy) is 2. The maximum absolute atomic E-state index is 12.3. The van der Waals surface area contributed by atoms with E-state index in [1.165, 1.54) is 13.2 Å². The van der Waals surface area contributed by atoms with Crippen molar-refractivity contribution in [3.63, 3.8) is 0 Å². The Hall–Kier alpha value is -1.34. The fourth-order valence-electron chi connectivity index (χ4n) is 2.00. The van der Waals surface area contributed by atoms with Crippen LogP contribution in [-0.2, 0) is 9.31 Å². The maximum Gasteiger partial charge on any atom is 0.494 e. The zero-order valence-electron chi connectivity index (χ0n) is 12.8. The zero-order valence-corrected chi connectivity index (χ0v) is 12.8.